The van der Waals surface area contributed by atoms with Crippen LogP contribution in [0.2, 0.25) is 0 Å². The van der Waals surface area contributed by atoms with Crippen LogP contribution in [0.5, 0.6) is 0 Å². The summed E-state index contributed by atoms with van der Waals surface area (Å²) in [5, 5.41) is 32.5. The summed E-state index contributed by atoms with van der Waals surface area (Å²) < 4.78 is 0. The van der Waals surface area contributed by atoms with Crippen molar-refractivity contribution in [3.63, 3.8) is 0 Å². The molecule has 0 saturated heterocycles. The van der Waals surface area contributed by atoms with Gasteiger partial charge in [0, 0.05) is 0 Å². The van der Waals surface area contributed by atoms with Gasteiger partial charge in [0.05, 0.1) is 0 Å². The Balaban J connectivity index is -0.0000000112. The Hall–Kier alpha value is 2.04. The van der Waals surface area contributed by atoms with E-state index < -0.39 is 24.1 Å². The maximum Gasteiger partial charge on any atom is 2.00 e. The molecule has 0 aliphatic carbocycles. The van der Waals surface area contributed by atoms with Gasteiger partial charge in [-0.1, -0.05) is 0 Å². The van der Waals surface area contributed by atoms with Crippen LogP contribution in [0.1, 0.15) is 5.71 Å². The first-order valence-electron chi connectivity index (χ1n) is 2.28. The van der Waals surface area contributed by atoms with Crippen LogP contribution in [-0.2, 0) is 9.59 Å². The molecule has 0 aromatic rings. The molecule has 8 nitrogen and oxygen atoms in total. The smallest absolute Gasteiger partial charge is 1.00 e. The minimum atomic E-state index is -2.27. The molecule has 0 amide bonds. The van der Waals surface area contributed by atoms with Crippen LogP contribution in [0.3, 0.4) is 0 Å². The Labute approximate surface area is 165 Å². The van der Waals surface area contributed by atoms with Crippen molar-refractivity contribution in [2.75, 3.05) is 0 Å². The largest absolute Gasteiger partial charge is 2.00 e. The number of carboxylic acids is 2. The molecule has 0 fully saturated rings. The van der Waals surface area contributed by atoms with Crippen LogP contribution >= 0.6 is 0 Å². The third-order valence-corrected chi connectivity index (χ3v) is 0.805. The van der Waals surface area contributed by atoms with E-state index in [-0.39, 0.29) is 114 Å². The maximum absolute atomic E-state index is 9.77. The molecule has 0 rings (SSSR count). The number of hydrogen-bond donors (Lipinski definition) is 4. The molecule has 0 heterocycles. The summed E-state index contributed by atoms with van der Waals surface area (Å²) in [4.78, 5) is 19.5. The van der Waals surface area contributed by atoms with Gasteiger partial charge in [0.1, 0.15) is 0 Å². The van der Waals surface area contributed by atoms with Crippen molar-refractivity contribution < 1.29 is 106 Å². The van der Waals surface area contributed by atoms with Crippen LogP contribution in [0, 0.1) is 0 Å². The fourth-order valence-corrected chi connectivity index (χ4v) is 0.270. The molecule has 2 unspecified atom stereocenters. The second-order valence-corrected chi connectivity index (χ2v) is 1.57. The van der Waals surface area contributed by atoms with Crippen molar-refractivity contribution in [3.05, 3.63) is 0 Å². The summed E-state index contributed by atoms with van der Waals surface area (Å²) in [6.45, 7) is 0. The van der Waals surface area contributed by atoms with E-state index in [4.69, 9.17) is 20.4 Å². The third-order valence-electron chi connectivity index (χ3n) is 0.805. The molecule has 0 radical (unpaired) electrons. The van der Waals surface area contributed by atoms with Gasteiger partial charge in [0.15, 0.2) is 12.2 Å². The van der Waals surface area contributed by atoms with Gasteiger partial charge < -0.3 is 37.1 Å². The first-order chi connectivity index (χ1) is 4.46. The van der Waals surface area contributed by atoms with Crippen LogP contribution in [0.4, 0.5) is 0 Å². The number of carbonyl (C=O) groups is 2. The Morgan fingerprint density at radius 1 is 0.867 bits per heavy atom. The summed E-state index contributed by atoms with van der Waals surface area (Å²) in [5.74, 6) is -3.54. The van der Waals surface area contributed by atoms with Gasteiger partial charge in [-0.25, -0.2) is 9.59 Å². The van der Waals surface area contributed by atoms with Crippen molar-refractivity contribution >= 4 is 49.7 Å². The number of aliphatic carboxylic acids is 2. The third kappa shape index (κ3) is 16.0. The molecule has 0 aromatic heterocycles. The molecule has 11 heteroatoms. The van der Waals surface area contributed by atoms with Crippen molar-refractivity contribution in [3.8, 4) is 0 Å². The van der Waals surface area contributed by atoms with Crippen LogP contribution in [-0.4, -0.2) is 93.3 Å². The molecule has 0 aliphatic rings. The topological polar surface area (TPSA) is 178 Å². The van der Waals surface area contributed by atoms with Crippen LogP contribution in [0.15, 0.2) is 0 Å². The zero-order valence-corrected chi connectivity index (χ0v) is 14.7. The average Bonchev–Trinajstić information content (AvgIpc) is 1.84. The average molecular weight is 276 g/mol. The summed E-state index contributed by atoms with van der Waals surface area (Å²) >= 11 is 0. The molecule has 82 valence electrons. The summed E-state index contributed by atoms with van der Waals surface area (Å²) in [6, 6.07) is 0. The Bertz CT molecular complexity index is 163. The van der Waals surface area contributed by atoms with Crippen molar-refractivity contribution in [1.29, 1.82) is 0 Å². The standard InChI is InChI=1S/C4H6O6.Ca.2Na.2H2O.4H/c5-1(3(7)8)2(6)4(9)10;;;;;;;;;/h1-2,5-6H,(H,7,8)(H,9,10);;;;2*1H2;;;;/q;+2;2*+1;;;4*-1. The number of rotatable bonds is 3. The molecular weight excluding hydrogens is 262 g/mol. The van der Waals surface area contributed by atoms with Crippen molar-refractivity contribution in [2.45, 2.75) is 12.2 Å². The van der Waals surface area contributed by atoms with E-state index in [9.17, 15) is 9.59 Å². The van der Waals surface area contributed by atoms with E-state index >= 15 is 0 Å². The number of aliphatic hydroxyl groups is 2. The van der Waals surface area contributed by atoms with E-state index in [0.29, 0.717) is 0 Å². The monoisotopic (exact) mass is 276 g/mol. The number of aliphatic hydroxyl groups excluding tert-OH is 2. The van der Waals surface area contributed by atoms with Crippen molar-refractivity contribution in [2.24, 2.45) is 0 Å². The normalized spacial score (nSPS) is 10.5. The first-order valence-corrected chi connectivity index (χ1v) is 2.28. The minimum Gasteiger partial charge on any atom is -1.00 e. The van der Waals surface area contributed by atoms with Gasteiger partial charge in [-0.05, 0) is 0 Å². The molecule has 0 saturated carbocycles. The molecule has 8 N–H and O–H groups in total. The molecule has 0 aromatic carbocycles. The second kappa shape index (κ2) is 18.4. The number of carboxylic acid groups (broad SMARTS) is 2. The first kappa shape index (κ1) is 36.0. The Morgan fingerprint density at radius 3 is 1.07 bits per heavy atom. The van der Waals surface area contributed by atoms with Gasteiger partial charge in [0.2, 0.25) is 0 Å². The van der Waals surface area contributed by atoms with Crippen molar-refractivity contribution in [1.82, 2.24) is 0 Å². The maximum atomic E-state index is 9.77. The van der Waals surface area contributed by atoms with Gasteiger partial charge in [0.25, 0.3) is 0 Å². The molecule has 0 aliphatic heterocycles. The van der Waals surface area contributed by atoms with E-state index in [1.54, 1.807) is 0 Å². The zero-order valence-electron chi connectivity index (χ0n) is 12.5. The van der Waals surface area contributed by atoms with E-state index in [0.717, 1.165) is 0 Å². The van der Waals surface area contributed by atoms with Gasteiger partial charge in [-0.3, -0.25) is 0 Å². The molecule has 15 heavy (non-hydrogen) atoms. The fourth-order valence-electron chi connectivity index (χ4n) is 0.270. The fraction of sp³-hybridized carbons (Fsp3) is 0.500. The van der Waals surface area contributed by atoms with E-state index in [1.807, 2.05) is 0 Å². The Morgan fingerprint density at radius 2 is 1.00 bits per heavy atom. The van der Waals surface area contributed by atoms with Gasteiger partial charge in [-0.2, -0.15) is 0 Å². The molecule has 2 atom stereocenters. The van der Waals surface area contributed by atoms with E-state index in [1.165, 1.54) is 0 Å². The molecule has 0 bridgehead atoms. The molecule has 0 spiro atoms. The van der Waals surface area contributed by atoms with Crippen LogP contribution < -0.4 is 59.1 Å². The van der Waals surface area contributed by atoms with Gasteiger partial charge >= 0.3 is 109 Å². The predicted molar refractivity (Wildman–Crippen MR) is 44.7 cm³/mol. The van der Waals surface area contributed by atoms with Crippen LogP contribution in [0.25, 0.3) is 0 Å². The summed E-state index contributed by atoms with van der Waals surface area (Å²) in [7, 11) is 0. The van der Waals surface area contributed by atoms with E-state index in [2.05, 4.69) is 0 Å². The van der Waals surface area contributed by atoms with Gasteiger partial charge in [-0.15, -0.1) is 0 Å². The summed E-state index contributed by atoms with van der Waals surface area (Å²) in [5.41, 5.74) is 0. The zero-order chi connectivity index (χ0) is 8.31. The minimum absolute atomic E-state index is 0. The molecular formula is C4H14CaNa2O8. The second-order valence-electron chi connectivity index (χ2n) is 1.57. The number of hydrogen-bond acceptors (Lipinski definition) is 4. The quantitative estimate of drug-likeness (QED) is 0.371. The SMILES string of the molecule is O.O.O=C(O)C(O)C(O)C(=O)O.[Ca+2].[H-].[H-].[H-].[H-].[Na+].[Na+]. The Kier molecular flexibility index (Phi) is 44.1. The predicted octanol–water partition coefficient (Wildman–Crippen LogP) is -9.69. The summed E-state index contributed by atoms with van der Waals surface area (Å²) in [6.07, 6.45) is -4.53.